The van der Waals surface area contributed by atoms with E-state index in [2.05, 4.69) is 345 Å². The number of benzene rings is 12. The molecule has 4 aliphatic rings. The first-order valence-electron chi connectivity index (χ1n) is 29.2. The van der Waals surface area contributed by atoms with E-state index in [0.717, 1.165) is 114 Å². The Bertz CT molecular complexity index is 4260. The summed E-state index contributed by atoms with van der Waals surface area (Å²) >= 11 is 0. The summed E-state index contributed by atoms with van der Waals surface area (Å²) in [5.74, 6) is 0. The molecule has 0 unspecified atom stereocenters. The second-order valence-corrected chi connectivity index (χ2v) is 22.0. The van der Waals surface area contributed by atoms with E-state index in [1.54, 1.807) is 0 Å². The molecule has 1 aromatic heterocycles. The van der Waals surface area contributed by atoms with Crippen LogP contribution in [0, 0.1) is 0 Å². The summed E-state index contributed by atoms with van der Waals surface area (Å²) in [6.07, 6.45) is 0. The molecule has 17 rings (SSSR count). The molecule has 0 spiro atoms. The van der Waals surface area contributed by atoms with E-state index >= 15 is 0 Å². The normalized spacial score (nSPS) is 13.0. The van der Waals surface area contributed by atoms with Crippen LogP contribution in [0.25, 0.3) is 0 Å². The second kappa shape index (κ2) is 19.8. The lowest BCUT2D eigenvalue weighted by Gasteiger charge is -2.45. The zero-order valence-corrected chi connectivity index (χ0v) is 46.3. The number of para-hydroxylation sites is 10. The number of furan rings is 1. The Balaban J connectivity index is 1.02. The molecular weight excluding hydrogens is 1030 g/mol. The van der Waals surface area contributed by atoms with Crippen LogP contribution in [0.2, 0.25) is 0 Å². The molecule has 0 aliphatic carbocycles. The van der Waals surface area contributed by atoms with Gasteiger partial charge in [-0.1, -0.05) is 182 Å². The van der Waals surface area contributed by atoms with E-state index in [9.17, 15) is 0 Å². The van der Waals surface area contributed by atoms with Crippen LogP contribution in [-0.4, -0.2) is 13.4 Å². The summed E-state index contributed by atoms with van der Waals surface area (Å²) in [7, 11) is 0. The fraction of sp³-hybridized carbons (Fsp3) is 0. The van der Waals surface area contributed by atoms with Crippen LogP contribution in [0.4, 0.5) is 102 Å². The van der Waals surface area contributed by atoms with Gasteiger partial charge in [0.25, 0.3) is 13.4 Å². The maximum Gasteiger partial charge on any atom is 0.297 e. The molecule has 0 radical (unpaired) electrons. The summed E-state index contributed by atoms with van der Waals surface area (Å²) in [5.41, 5.74) is 25.5. The Kier molecular flexibility index (Phi) is 11.3. The fourth-order valence-corrected chi connectivity index (χ4v) is 13.9. The van der Waals surface area contributed by atoms with E-state index < -0.39 is 0 Å². The molecule has 7 nitrogen and oxygen atoms in total. The van der Waals surface area contributed by atoms with E-state index in [4.69, 9.17) is 4.42 Å². The van der Waals surface area contributed by atoms with Gasteiger partial charge in [-0.05, 0) is 155 Å². The van der Waals surface area contributed by atoms with Crippen LogP contribution < -0.4 is 62.6 Å². The second-order valence-electron chi connectivity index (χ2n) is 22.0. The van der Waals surface area contributed by atoms with Gasteiger partial charge in [-0.15, -0.1) is 0 Å². The molecule has 0 N–H and O–H groups in total. The third-order valence-electron chi connectivity index (χ3n) is 17.3. The molecule has 9 heteroatoms. The maximum atomic E-state index is 8.22. The quantitative estimate of drug-likeness (QED) is 0.126. The van der Waals surface area contributed by atoms with Crippen molar-refractivity contribution in [3.63, 3.8) is 0 Å². The molecular formula is C76H52B2N6O. The predicted octanol–water partition coefficient (Wildman–Crippen LogP) is 16.4. The number of rotatable bonds is 10. The minimum atomic E-state index is -0.320. The van der Waals surface area contributed by atoms with Crippen LogP contribution in [0.3, 0.4) is 0 Å². The first-order chi connectivity index (χ1) is 42.2. The lowest BCUT2D eigenvalue weighted by Crippen LogP contribution is -2.61. The molecule has 4 aliphatic heterocycles. The molecule has 0 atom stereocenters. The van der Waals surface area contributed by atoms with Crippen molar-refractivity contribution >= 4 is 149 Å². The van der Waals surface area contributed by atoms with Gasteiger partial charge in [0.05, 0.1) is 22.7 Å². The van der Waals surface area contributed by atoms with Crippen molar-refractivity contribution in [3.8, 4) is 0 Å². The first-order valence-corrected chi connectivity index (χ1v) is 29.2. The van der Waals surface area contributed by atoms with Gasteiger partial charge in [-0.2, -0.15) is 0 Å². The molecule has 0 saturated heterocycles. The number of nitrogens with zero attached hydrogens (tertiary/aromatic N) is 6. The third-order valence-corrected chi connectivity index (χ3v) is 17.3. The fourth-order valence-electron chi connectivity index (χ4n) is 13.9. The molecule has 12 aromatic carbocycles. The lowest BCUT2D eigenvalue weighted by atomic mass is 9.35. The van der Waals surface area contributed by atoms with E-state index in [-0.39, 0.29) is 13.4 Å². The largest absolute Gasteiger partial charge is 0.480 e. The predicted molar refractivity (Wildman–Crippen MR) is 356 cm³/mol. The summed E-state index contributed by atoms with van der Waals surface area (Å²) in [6.45, 7) is -0.639. The van der Waals surface area contributed by atoms with Crippen LogP contribution in [-0.2, 0) is 0 Å². The van der Waals surface area contributed by atoms with Gasteiger partial charge in [-0.25, -0.2) is 0 Å². The maximum absolute atomic E-state index is 8.22. The molecule has 398 valence electrons. The topological polar surface area (TPSA) is 32.6 Å². The van der Waals surface area contributed by atoms with Gasteiger partial charge in [0.15, 0.2) is 0 Å². The van der Waals surface area contributed by atoms with Crippen LogP contribution in [0.5, 0.6) is 0 Å². The minimum Gasteiger partial charge on any atom is -0.480 e. The van der Waals surface area contributed by atoms with E-state index in [0.29, 0.717) is 0 Å². The van der Waals surface area contributed by atoms with Crippen molar-refractivity contribution in [2.75, 3.05) is 29.4 Å². The van der Waals surface area contributed by atoms with Crippen molar-refractivity contribution in [3.05, 3.63) is 315 Å². The lowest BCUT2D eigenvalue weighted by molar-refractivity contribution is 0.634. The van der Waals surface area contributed by atoms with Gasteiger partial charge < -0.3 is 33.8 Å². The van der Waals surface area contributed by atoms with Gasteiger partial charge >= 0.3 is 0 Å². The standard InChI is InChI=1S/C76H52B2N6O/c1-9-29-53(30-10-1)79(54-31-11-2-12-32-54)61-49-67-71-69(51-61)83(59-41-21-7-22-42-59)73-74-76(85-75(73)77(71)63-45-25-27-47-65(63)81(67)57-37-17-5-18-38-57)78-64-46-26-28-48-66(64)82(58-39-19-6-20-40-58)68-50-62(52-70(72(68)78)84(74)60-43-23-8-24-44-60)80(55-33-13-3-14-34-55)56-35-15-4-16-36-56/h1-52H. The molecule has 0 fully saturated rings. The van der Waals surface area contributed by atoms with Crippen molar-refractivity contribution in [1.82, 2.24) is 0 Å². The molecule has 5 heterocycles. The zero-order valence-electron chi connectivity index (χ0n) is 46.3. The van der Waals surface area contributed by atoms with Crippen molar-refractivity contribution in [2.24, 2.45) is 0 Å². The monoisotopic (exact) mass is 1090 g/mol. The third kappa shape index (κ3) is 7.64. The molecule has 13 aromatic rings. The van der Waals surface area contributed by atoms with Crippen LogP contribution in [0.15, 0.2) is 320 Å². The van der Waals surface area contributed by atoms with Crippen LogP contribution >= 0.6 is 0 Å². The SMILES string of the molecule is c1ccc(N(c2ccccc2)c2cc3c4c(c2)N(c2ccccc2)c2c(oc5c2N(c2ccccc2)c2cc(N(c6ccccc6)c6ccccc6)cc6c2B5c2ccccc2N6c2ccccc2)B4c2ccccc2N3c2ccccc2)cc1. The smallest absolute Gasteiger partial charge is 0.297 e. The number of hydrogen-bond acceptors (Lipinski definition) is 7. The highest BCUT2D eigenvalue weighted by molar-refractivity contribution is 7.02. The summed E-state index contributed by atoms with van der Waals surface area (Å²) in [4.78, 5) is 14.8. The van der Waals surface area contributed by atoms with Gasteiger partial charge in [0, 0.05) is 79.6 Å². The van der Waals surface area contributed by atoms with Crippen LogP contribution in [0.1, 0.15) is 0 Å². The average Bonchev–Trinajstić information content (AvgIpc) is 2.69. The Morgan fingerprint density at radius 3 is 0.788 bits per heavy atom. The average molecular weight is 1090 g/mol. The Labute approximate surface area is 495 Å². The highest BCUT2D eigenvalue weighted by Gasteiger charge is 2.54. The summed E-state index contributed by atoms with van der Waals surface area (Å²) in [6, 6.07) is 114. The van der Waals surface area contributed by atoms with E-state index in [1.165, 1.54) is 21.9 Å². The van der Waals surface area contributed by atoms with Crippen molar-refractivity contribution in [1.29, 1.82) is 0 Å². The first kappa shape index (κ1) is 48.5. The van der Waals surface area contributed by atoms with Gasteiger partial charge in [0.1, 0.15) is 11.4 Å². The molecule has 0 amide bonds. The zero-order chi connectivity index (χ0) is 56.0. The number of fused-ring (bicyclic) bond motifs is 9. The highest BCUT2D eigenvalue weighted by Crippen LogP contribution is 2.55. The van der Waals surface area contributed by atoms with Crippen molar-refractivity contribution < 1.29 is 4.42 Å². The molecule has 85 heavy (non-hydrogen) atoms. The summed E-state index contributed by atoms with van der Waals surface area (Å²) in [5, 5.41) is 0. The molecule has 0 saturated carbocycles. The number of hydrogen-bond donors (Lipinski definition) is 0. The van der Waals surface area contributed by atoms with Gasteiger partial charge in [-0.3, -0.25) is 0 Å². The van der Waals surface area contributed by atoms with E-state index in [1.807, 2.05) is 0 Å². The summed E-state index contributed by atoms with van der Waals surface area (Å²) < 4.78 is 8.22. The van der Waals surface area contributed by atoms with Gasteiger partial charge in [0.2, 0.25) is 0 Å². The Morgan fingerprint density at radius 2 is 0.482 bits per heavy atom. The Morgan fingerprint density at radius 1 is 0.235 bits per heavy atom. The highest BCUT2D eigenvalue weighted by atomic mass is 16.3. The Hall–Kier alpha value is -11.2. The minimum absolute atomic E-state index is 0.320. The van der Waals surface area contributed by atoms with Crippen molar-refractivity contribution in [2.45, 2.75) is 0 Å². The number of anilines is 18. The molecule has 0 bridgehead atoms.